The molecule has 3 aromatic rings. The molecule has 8 heteroatoms. The Morgan fingerprint density at radius 2 is 1.84 bits per heavy atom. The molecule has 0 bridgehead atoms. The van der Waals surface area contributed by atoms with E-state index in [1.54, 1.807) is 12.1 Å². The van der Waals surface area contributed by atoms with Crippen LogP contribution >= 0.6 is 27.7 Å². The van der Waals surface area contributed by atoms with Gasteiger partial charge in [-0.05, 0) is 56.2 Å². The number of aromatic hydroxyl groups is 1. The minimum Gasteiger partial charge on any atom is -0.493 e. The molecule has 1 aromatic heterocycles. The monoisotopic (exact) mass is 501 g/mol. The van der Waals surface area contributed by atoms with Gasteiger partial charge in [0.1, 0.15) is 0 Å². The zero-order valence-electron chi connectivity index (χ0n) is 17.4. The van der Waals surface area contributed by atoms with Crippen LogP contribution in [0, 0.1) is 6.92 Å². The van der Waals surface area contributed by atoms with E-state index in [1.165, 1.54) is 4.57 Å². The molecule has 1 amide bonds. The van der Waals surface area contributed by atoms with Crippen LogP contribution in [0.2, 0.25) is 0 Å². The van der Waals surface area contributed by atoms with Gasteiger partial charge in [-0.15, -0.1) is 0 Å². The van der Waals surface area contributed by atoms with Crippen LogP contribution < -0.4 is 10.9 Å². The molecule has 3 rings (SSSR count). The minimum atomic E-state index is -0.305. The molecular formula is C23H24BrN3O3S. The predicted molar refractivity (Wildman–Crippen MR) is 128 cm³/mol. The minimum absolute atomic E-state index is 0.0438. The van der Waals surface area contributed by atoms with Gasteiger partial charge in [0.15, 0.2) is 5.16 Å². The third-order valence-electron chi connectivity index (χ3n) is 4.66. The molecule has 0 aliphatic heterocycles. The number of rotatable bonds is 8. The van der Waals surface area contributed by atoms with Gasteiger partial charge in [-0.1, -0.05) is 58.7 Å². The topological polar surface area (TPSA) is 84.2 Å². The van der Waals surface area contributed by atoms with E-state index >= 15 is 0 Å². The molecule has 0 fully saturated rings. The first-order chi connectivity index (χ1) is 14.9. The maximum absolute atomic E-state index is 13.2. The molecule has 162 valence electrons. The van der Waals surface area contributed by atoms with E-state index in [0.717, 1.165) is 34.6 Å². The molecule has 0 aliphatic carbocycles. The quantitative estimate of drug-likeness (QED) is 0.332. The molecule has 2 N–H and O–H groups in total. The maximum Gasteiger partial charge on any atom is 0.265 e. The molecule has 0 radical (unpaired) electrons. The summed E-state index contributed by atoms with van der Waals surface area (Å²) in [5, 5.41) is 13.5. The average molecular weight is 502 g/mol. The van der Waals surface area contributed by atoms with Gasteiger partial charge < -0.3 is 10.4 Å². The first kappa shape index (κ1) is 23.1. The molecule has 6 nitrogen and oxygen atoms in total. The number of hydrogen-bond acceptors (Lipinski definition) is 5. The fourth-order valence-electron chi connectivity index (χ4n) is 2.98. The van der Waals surface area contributed by atoms with Gasteiger partial charge in [0.25, 0.3) is 5.56 Å². The van der Waals surface area contributed by atoms with E-state index in [2.05, 4.69) is 26.2 Å². The van der Waals surface area contributed by atoms with Crippen LogP contribution in [0.4, 0.5) is 5.69 Å². The van der Waals surface area contributed by atoms with Gasteiger partial charge in [0.05, 0.1) is 17.0 Å². The fourth-order valence-corrected chi connectivity index (χ4v) is 4.04. The van der Waals surface area contributed by atoms with Crippen molar-refractivity contribution >= 4 is 39.3 Å². The lowest BCUT2D eigenvalue weighted by Gasteiger charge is -2.15. The van der Waals surface area contributed by atoms with Crippen molar-refractivity contribution in [2.75, 3.05) is 11.1 Å². The first-order valence-electron chi connectivity index (χ1n) is 9.99. The number of nitrogens with zero attached hydrogens (tertiary/aromatic N) is 2. The largest absolute Gasteiger partial charge is 0.493 e. The lowest BCUT2D eigenvalue weighted by atomic mass is 10.1. The standard InChI is InChI=1S/C23H24BrN3O3S/c1-3-4-5-19-21(29)26-23(27(22(19)30)18-12-6-15(2)7-13-18)31-14-20(28)25-17-10-8-16(24)9-11-17/h6-13,29H,3-5,14H2,1-2H3,(H,25,28). The highest BCUT2D eigenvalue weighted by atomic mass is 79.9. The Balaban J connectivity index is 1.89. The number of hydrogen-bond donors (Lipinski definition) is 2. The highest BCUT2D eigenvalue weighted by Gasteiger charge is 2.18. The van der Waals surface area contributed by atoms with Crippen LogP contribution in [0.5, 0.6) is 5.88 Å². The number of benzene rings is 2. The van der Waals surface area contributed by atoms with Crippen LogP contribution in [0.1, 0.15) is 30.9 Å². The van der Waals surface area contributed by atoms with Gasteiger partial charge in [0.2, 0.25) is 11.8 Å². The molecule has 0 saturated heterocycles. The van der Waals surface area contributed by atoms with Gasteiger partial charge >= 0.3 is 0 Å². The third kappa shape index (κ3) is 5.98. The molecule has 1 heterocycles. The zero-order chi connectivity index (χ0) is 22.4. The van der Waals surface area contributed by atoms with Gasteiger partial charge in [0, 0.05) is 10.2 Å². The van der Waals surface area contributed by atoms with Crippen LogP contribution in [0.25, 0.3) is 5.69 Å². The summed E-state index contributed by atoms with van der Waals surface area (Å²) >= 11 is 4.47. The highest BCUT2D eigenvalue weighted by Crippen LogP contribution is 2.24. The Bertz CT molecular complexity index is 1110. The smallest absolute Gasteiger partial charge is 0.265 e. The summed E-state index contributed by atoms with van der Waals surface area (Å²) in [6.45, 7) is 3.99. The molecule has 0 saturated carbocycles. The molecule has 2 aromatic carbocycles. The van der Waals surface area contributed by atoms with E-state index < -0.39 is 0 Å². The number of unbranched alkanes of at least 4 members (excludes halogenated alkanes) is 1. The highest BCUT2D eigenvalue weighted by molar-refractivity contribution is 9.10. The number of aryl methyl sites for hydroxylation is 1. The third-order valence-corrected chi connectivity index (χ3v) is 6.12. The fraction of sp³-hybridized carbons (Fsp3) is 0.261. The Hall–Kier alpha value is -2.58. The van der Waals surface area contributed by atoms with Crippen molar-refractivity contribution in [2.24, 2.45) is 0 Å². The normalized spacial score (nSPS) is 10.8. The summed E-state index contributed by atoms with van der Waals surface area (Å²) in [6, 6.07) is 14.8. The van der Waals surface area contributed by atoms with Gasteiger partial charge in [-0.3, -0.25) is 14.2 Å². The number of aromatic nitrogens is 2. The van der Waals surface area contributed by atoms with Gasteiger partial charge in [-0.25, -0.2) is 0 Å². The van der Waals surface area contributed by atoms with Crippen LogP contribution in [0.3, 0.4) is 0 Å². The van der Waals surface area contributed by atoms with Crippen molar-refractivity contribution in [3.63, 3.8) is 0 Å². The maximum atomic E-state index is 13.2. The summed E-state index contributed by atoms with van der Waals surface area (Å²) in [4.78, 5) is 29.9. The van der Waals surface area contributed by atoms with E-state index in [4.69, 9.17) is 0 Å². The Kier molecular flexibility index (Phi) is 7.92. The summed E-state index contributed by atoms with van der Waals surface area (Å²) < 4.78 is 2.40. The predicted octanol–water partition coefficient (Wildman–Crippen LogP) is 5.08. The van der Waals surface area contributed by atoms with Gasteiger partial charge in [-0.2, -0.15) is 4.98 Å². The van der Waals surface area contributed by atoms with E-state index in [1.807, 2.05) is 50.2 Å². The summed E-state index contributed by atoms with van der Waals surface area (Å²) in [6.07, 6.45) is 2.13. The number of carbonyl (C=O) groups is 1. The second-order valence-electron chi connectivity index (χ2n) is 7.12. The van der Waals surface area contributed by atoms with Crippen molar-refractivity contribution in [3.8, 4) is 11.6 Å². The SMILES string of the molecule is CCCCc1c(O)nc(SCC(=O)Nc2ccc(Br)cc2)n(-c2ccc(C)cc2)c1=O. The number of carbonyl (C=O) groups excluding carboxylic acids is 1. The number of halogens is 1. The molecule has 0 aliphatic rings. The van der Waals surface area contributed by atoms with E-state index in [0.29, 0.717) is 23.4 Å². The second kappa shape index (κ2) is 10.6. The summed E-state index contributed by atoms with van der Waals surface area (Å²) in [5.74, 6) is -0.452. The summed E-state index contributed by atoms with van der Waals surface area (Å²) in [7, 11) is 0. The lowest BCUT2D eigenvalue weighted by Crippen LogP contribution is -2.26. The van der Waals surface area contributed by atoms with Crippen molar-refractivity contribution < 1.29 is 9.90 Å². The number of amides is 1. The van der Waals surface area contributed by atoms with Crippen molar-refractivity contribution in [1.82, 2.24) is 9.55 Å². The molecule has 0 unspecified atom stereocenters. The number of thioether (sulfide) groups is 1. The molecule has 31 heavy (non-hydrogen) atoms. The van der Waals surface area contributed by atoms with E-state index in [9.17, 15) is 14.7 Å². The Labute approximate surface area is 193 Å². The zero-order valence-corrected chi connectivity index (χ0v) is 19.8. The molecule has 0 atom stereocenters. The molecule has 0 spiro atoms. The molecular weight excluding hydrogens is 478 g/mol. The Morgan fingerprint density at radius 3 is 2.48 bits per heavy atom. The van der Waals surface area contributed by atoms with E-state index in [-0.39, 0.29) is 28.3 Å². The average Bonchev–Trinajstić information content (AvgIpc) is 2.74. The van der Waals surface area contributed by atoms with Crippen molar-refractivity contribution in [2.45, 2.75) is 38.3 Å². The number of nitrogens with one attached hydrogen (secondary N) is 1. The Morgan fingerprint density at radius 1 is 1.16 bits per heavy atom. The summed E-state index contributed by atoms with van der Waals surface area (Å²) in [5.41, 5.74) is 2.39. The van der Waals surface area contributed by atoms with Crippen molar-refractivity contribution in [1.29, 1.82) is 0 Å². The number of anilines is 1. The van der Waals surface area contributed by atoms with Crippen LogP contribution in [-0.2, 0) is 11.2 Å². The lowest BCUT2D eigenvalue weighted by molar-refractivity contribution is -0.113. The van der Waals surface area contributed by atoms with Crippen molar-refractivity contribution in [3.05, 3.63) is 74.5 Å². The second-order valence-corrected chi connectivity index (χ2v) is 8.98. The first-order valence-corrected chi connectivity index (χ1v) is 11.8. The van der Waals surface area contributed by atoms with Crippen LogP contribution in [0.15, 0.2) is 63.0 Å². The van der Waals surface area contributed by atoms with Crippen LogP contribution in [-0.4, -0.2) is 26.3 Å².